The smallest absolute Gasteiger partial charge is 0.0254 e. The number of benzene rings is 1. The highest BCUT2D eigenvalue weighted by atomic mass is 15.2. The molecule has 0 amide bonds. The summed E-state index contributed by atoms with van der Waals surface area (Å²) in [6.07, 6.45) is 3.39. The molecule has 12 heavy (non-hydrogen) atoms. The van der Waals surface area contributed by atoms with Crippen LogP contribution in [0.3, 0.4) is 0 Å². The lowest BCUT2D eigenvalue weighted by Gasteiger charge is -2.23. The molecule has 0 aliphatic heterocycles. The Balaban J connectivity index is 2.23. The van der Waals surface area contributed by atoms with Crippen molar-refractivity contribution in [3.63, 3.8) is 0 Å². The van der Waals surface area contributed by atoms with E-state index in [0.717, 1.165) is 19.3 Å². The van der Waals surface area contributed by atoms with Crippen LogP contribution >= 0.6 is 0 Å². The number of nitrogens with one attached hydrogen (secondary N) is 1. The molecule has 1 aliphatic carbocycles. The number of aryl methyl sites for hydroxylation is 1. The summed E-state index contributed by atoms with van der Waals surface area (Å²) in [5.74, 6) is 5.41. The molecule has 1 aromatic carbocycles. The monoisotopic (exact) mass is 162 g/mol. The number of hydrogen-bond donors (Lipinski definition) is 2. The van der Waals surface area contributed by atoms with Crippen molar-refractivity contribution in [2.75, 3.05) is 0 Å². The third-order valence-corrected chi connectivity index (χ3v) is 2.58. The van der Waals surface area contributed by atoms with Crippen LogP contribution in [-0.2, 0) is 12.8 Å². The molecule has 0 bridgehead atoms. The van der Waals surface area contributed by atoms with Gasteiger partial charge in [-0.25, -0.2) is 0 Å². The summed E-state index contributed by atoms with van der Waals surface area (Å²) in [6.45, 7) is 0. The molecule has 0 fully saturated rings. The van der Waals surface area contributed by atoms with E-state index in [9.17, 15) is 0 Å². The summed E-state index contributed by atoms with van der Waals surface area (Å²) < 4.78 is 0. The van der Waals surface area contributed by atoms with E-state index in [1.165, 1.54) is 11.1 Å². The zero-order chi connectivity index (χ0) is 8.39. The van der Waals surface area contributed by atoms with Crippen molar-refractivity contribution < 1.29 is 0 Å². The quantitative estimate of drug-likeness (QED) is 0.477. The van der Waals surface area contributed by atoms with Crippen molar-refractivity contribution in [1.82, 2.24) is 5.43 Å². The van der Waals surface area contributed by atoms with Crippen LogP contribution in [0.25, 0.3) is 0 Å². The maximum atomic E-state index is 5.41. The second-order valence-electron chi connectivity index (χ2n) is 3.38. The molecular formula is C10H14N2. The van der Waals surface area contributed by atoms with Gasteiger partial charge >= 0.3 is 0 Å². The SMILES string of the molecule is NN[C@@H]1CCc2ccccc2C1. The number of fused-ring (bicyclic) bond motifs is 1. The van der Waals surface area contributed by atoms with Gasteiger partial charge in [-0.1, -0.05) is 24.3 Å². The minimum absolute atomic E-state index is 0.472. The largest absolute Gasteiger partial charge is 0.271 e. The van der Waals surface area contributed by atoms with Crippen LogP contribution in [0.4, 0.5) is 0 Å². The Morgan fingerprint density at radius 1 is 1.25 bits per heavy atom. The van der Waals surface area contributed by atoms with E-state index >= 15 is 0 Å². The fourth-order valence-electron chi connectivity index (χ4n) is 1.84. The highest BCUT2D eigenvalue weighted by Crippen LogP contribution is 2.20. The third-order valence-electron chi connectivity index (χ3n) is 2.58. The van der Waals surface area contributed by atoms with Crippen LogP contribution in [0.5, 0.6) is 0 Å². The molecule has 3 N–H and O–H groups in total. The summed E-state index contributed by atoms with van der Waals surface area (Å²) in [7, 11) is 0. The van der Waals surface area contributed by atoms with E-state index in [2.05, 4.69) is 29.7 Å². The average molecular weight is 162 g/mol. The van der Waals surface area contributed by atoms with Crippen LogP contribution in [0, 0.1) is 0 Å². The average Bonchev–Trinajstić information content (AvgIpc) is 2.17. The highest BCUT2D eigenvalue weighted by Gasteiger charge is 2.15. The van der Waals surface area contributed by atoms with Gasteiger partial charge in [0.15, 0.2) is 0 Å². The van der Waals surface area contributed by atoms with Gasteiger partial charge in [0.05, 0.1) is 0 Å². The zero-order valence-electron chi connectivity index (χ0n) is 7.09. The Labute approximate surface area is 72.7 Å². The maximum Gasteiger partial charge on any atom is 0.0254 e. The van der Waals surface area contributed by atoms with Crippen molar-refractivity contribution in [1.29, 1.82) is 0 Å². The Morgan fingerprint density at radius 3 is 2.75 bits per heavy atom. The van der Waals surface area contributed by atoms with Gasteiger partial charge in [-0.2, -0.15) is 0 Å². The molecule has 0 unspecified atom stereocenters. The molecule has 0 aromatic heterocycles. The van der Waals surface area contributed by atoms with Gasteiger partial charge < -0.3 is 0 Å². The molecule has 2 nitrogen and oxygen atoms in total. The van der Waals surface area contributed by atoms with E-state index < -0.39 is 0 Å². The summed E-state index contributed by atoms with van der Waals surface area (Å²) in [4.78, 5) is 0. The molecule has 0 saturated heterocycles. The van der Waals surface area contributed by atoms with Crippen LogP contribution in [0.15, 0.2) is 24.3 Å². The van der Waals surface area contributed by atoms with Gasteiger partial charge in [-0.15, -0.1) is 0 Å². The van der Waals surface area contributed by atoms with Gasteiger partial charge in [-0.3, -0.25) is 11.3 Å². The van der Waals surface area contributed by atoms with Crippen LogP contribution in [-0.4, -0.2) is 6.04 Å². The minimum Gasteiger partial charge on any atom is -0.271 e. The number of rotatable bonds is 1. The van der Waals surface area contributed by atoms with Gasteiger partial charge in [0.2, 0.25) is 0 Å². The second-order valence-corrected chi connectivity index (χ2v) is 3.38. The molecule has 64 valence electrons. The minimum atomic E-state index is 0.472. The van der Waals surface area contributed by atoms with E-state index in [4.69, 9.17) is 5.84 Å². The first-order valence-electron chi connectivity index (χ1n) is 4.43. The van der Waals surface area contributed by atoms with Crippen molar-refractivity contribution in [3.8, 4) is 0 Å². The summed E-state index contributed by atoms with van der Waals surface area (Å²) >= 11 is 0. The van der Waals surface area contributed by atoms with Crippen LogP contribution in [0.2, 0.25) is 0 Å². The zero-order valence-corrected chi connectivity index (χ0v) is 7.09. The highest BCUT2D eigenvalue weighted by molar-refractivity contribution is 5.30. The molecule has 1 aromatic rings. The molecule has 2 rings (SSSR count). The first-order valence-corrected chi connectivity index (χ1v) is 4.43. The lowest BCUT2D eigenvalue weighted by atomic mass is 9.89. The van der Waals surface area contributed by atoms with Crippen molar-refractivity contribution in [2.24, 2.45) is 5.84 Å². The Kier molecular flexibility index (Phi) is 2.11. The van der Waals surface area contributed by atoms with Crippen LogP contribution in [0.1, 0.15) is 17.5 Å². The number of hydrazine groups is 1. The molecule has 0 heterocycles. The molecule has 0 radical (unpaired) electrons. The summed E-state index contributed by atoms with van der Waals surface area (Å²) in [5.41, 5.74) is 5.79. The van der Waals surface area contributed by atoms with Gasteiger partial charge in [0.25, 0.3) is 0 Å². The lowest BCUT2D eigenvalue weighted by Crippen LogP contribution is -2.39. The second kappa shape index (κ2) is 3.25. The van der Waals surface area contributed by atoms with Crippen LogP contribution < -0.4 is 11.3 Å². The standard InChI is InChI=1S/C10H14N2/c11-12-10-6-5-8-3-1-2-4-9(8)7-10/h1-4,10,12H,5-7,11H2/t10-/m1/s1. The molecule has 0 spiro atoms. The fraction of sp³-hybridized carbons (Fsp3) is 0.400. The van der Waals surface area contributed by atoms with Gasteiger partial charge in [-0.05, 0) is 30.4 Å². The Bertz CT molecular complexity index is 270. The Morgan fingerprint density at radius 2 is 2.00 bits per heavy atom. The Hall–Kier alpha value is -0.860. The first kappa shape index (κ1) is 7.77. The normalized spacial score (nSPS) is 21.9. The molecule has 1 atom stereocenters. The predicted octanol–water partition coefficient (Wildman–Crippen LogP) is 1.01. The van der Waals surface area contributed by atoms with Crippen molar-refractivity contribution >= 4 is 0 Å². The van der Waals surface area contributed by atoms with Gasteiger partial charge in [0.1, 0.15) is 0 Å². The molecule has 1 aliphatic rings. The molecule has 2 heteroatoms. The summed E-state index contributed by atoms with van der Waals surface area (Å²) in [5, 5.41) is 0. The number of nitrogens with two attached hydrogens (primary N) is 1. The summed E-state index contributed by atoms with van der Waals surface area (Å²) in [6, 6.07) is 9.08. The number of hydrogen-bond acceptors (Lipinski definition) is 2. The van der Waals surface area contributed by atoms with E-state index in [1.807, 2.05) is 0 Å². The van der Waals surface area contributed by atoms with E-state index in [1.54, 1.807) is 0 Å². The van der Waals surface area contributed by atoms with E-state index in [-0.39, 0.29) is 0 Å². The van der Waals surface area contributed by atoms with E-state index in [0.29, 0.717) is 6.04 Å². The fourth-order valence-corrected chi connectivity index (χ4v) is 1.84. The van der Waals surface area contributed by atoms with Gasteiger partial charge in [0, 0.05) is 6.04 Å². The third kappa shape index (κ3) is 1.36. The predicted molar refractivity (Wildman–Crippen MR) is 49.6 cm³/mol. The topological polar surface area (TPSA) is 38.0 Å². The maximum absolute atomic E-state index is 5.41. The molecule has 0 saturated carbocycles. The first-order chi connectivity index (χ1) is 5.90. The van der Waals surface area contributed by atoms with Crippen molar-refractivity contribution in [3.05, 3.63) is 35.4 Å². The van der Waals surface area contributed by atoms with Crippen molar-refractivity contribution in [2.45, 2.75) is 25.3 Å². The molecular weight excluding hydrogens is 148 g/mol. The lowest BCUT2D eigenvalue weighted by molar-refractivity contribution is 0.470.